The third-order valence-corrected chi connectivity index (χ3v) is 7.01. The van der Waals surface area contributed by atoms with E-state index in [1.165, 1.54) is 0 Å². The van der Waals surface area contributed by atoms with Crippen molar-refractivity contribution < 1.29 is 23.1 Å². The molecule has 0 aliphatic rings. The number of aromatic amines is 1. The molecule has 9 nitrogen and oxygen atoms in total. The number of aliphatic imine (C=N–C) groups is 1. The minimum atomic E-state index is -3.17. The van der Waals surface area contributed by atoms with Gasteiger partial charge in [0.2, 0.25) is 10.0 Å². The Kier molecular flexibility index (Phi) is 9.36. The largest absolute Gasteiger partial charge is 0.494 e. The average molecular weight is 563 g/mol. The van der Waals surface area contributed by atoms with Gasteiger partial charge in [0.05, 0.1) is 35.4 Å². The molecule has 0 unspecified atom stereocenters. The predicted octanol–water partition coefficient (Wildman–Crippen LogP) is 4.59. The lowest BCUT2D eigenvalue weighted by Crippen LogP contribution is -2.27. The van der Waals surface area contributed by atoms with Crippen molar-refractivity contribution in [1.29, 1.82) is 0 Å². The number of nitrogens with zero attached hydrogens (tertiary/aromatic N) is 2. The number of fused-ring (bicyclic) bond motifs is 1. The molecule has 210 valence electrons. The molecule has 0 saturated carbocycles. The minimum absolute atomic E-state index is 0.0396. The van der Waals surface area contributed by atoms with Crippen LogP contribution in [-0.2, 0) is 21.3 Å². The maximum absolute atomic E-state index is 12.2. The van der Waals surface area contributed by atoms with Crippen molar-refractivity contribution in [3.63, 3.8) is 0 Å². The number of carbonyl (C=O) groups excluding carboxylic acids is 1. The van der Waals surface area contributed by atoms with Crippen molar-refractivity contribution in [2.24, 2.45) is 4.99 Å². The van der Waals surface area contributed by atoms with E-state index in [1.54, 1.807) is 25.1 Å². The Bertz CT molecular complexity index is 1600. The molecule has 0 fully saturated rings. The first-order valence-corrected chi connectivity index (χ1v) is 14.9. The molecule has 3 N–H and O–H groups in total. The Hall–Kier alpha value is -3.99. The lowest BCUT2D eigenvalue weighted by atomic mass is 10.00. The number of rotatable bonds is 12. The van der Waals surface area contributed by atoms with E-state index in [9.17, 15) is 18.3 Å². The maximum Gasteiger partial charge on any atom is 0.338 e. The molecule has 1 heterocycles. The smallest absolute Gasteiger partial charge is 0.338 e. The summed E-state index contributed by atoms with van der Waals surface area (Å²) in [5.41, 5.74) is 4.79. The summed E-state index contributed by atoms with van der Waals surface area (Å²) in [7, 11) is -1.18. The molecule has 4 aromatic rings. The van der Waals surface area contributed by atoms with Gasteiger partial charge < -0.3 is 19.7 Å². The SMILES string of the molecule is CCOC(=O)c1ccc2c(C(=Nc3ccc(CN(C)CCCNS(C)(=O)=O)cc3)c3ccccc3)c(O)[nH]c2c1. The van der Waals surface area contributed by atoms with Gasteiger partial charge in [0.25, 0.3) is 0 Å². The second kappa shape index (κ2) is 12.9. The Balaban J connectivity index is 1.59. The summed E-state index contributed by atoms with van der Waals surface area (Å²) < 4.78 is 30.1. The van der Waals surface area contributed by atoms with Crippen LogP contribution < -0.4 is 4.72 Å². The highest BCUT2D eigenvalue weighted by Crippen LogP contribution is 2.32. The number of hydrogen-bond donors (Lipinski definition) is 3. The molecule has 0 atom stereocenters. The van der Waals surface area contributed by atoms with E-state index in [1.807, 2.05) is 61.6 Å². The van der Waals surface area contributed by atoms with Gasteiger partial charge in [-0.05, 0) is 56.8 Å². The number of sulfonamides is 1. The zero-order valence-electron chi connectivity index (χ0n) is 22.8. The van der Waals surface area contributed by atoms with Crippen molar-refractivity contribution >= 4 is 38.3 Å². The number of H-pyrrole nitrogens is 1. The van der Waals surface area contributed by atoms with Crippen LogP contribution in [0.2, 0.25) is 0 Å². The van der Waals surface area contributed by atoms with E-state index in [0.717, 1.165) is 35.0 Å². The average Bonchev–Trinajstić information content (AvgIpc) is 3.25. The van der Waals surface area contributed by atoms with Crippen LogP contribution in [0, 0.1) is 0 Å². The normalized spacial score (nSPS) is 12.2. The highest BCUT2D eigenvalue weighted by molar-refractivity contribution is 7.88. The summed E-state index contributed by atoms with van der Waals surface area (Å²) in [5.74, 6) is -0.462. The van der Waals surface area contributed by atoms with E-state index in [-0.39, 0.29) is 12.5 Å². The van der Waals surface area contributed by atoms with Gasteiger partial charge >= 0.3 is 5.97 Å². The number of hydrogen-bond acceptors (Lipinski definition) is 7. The van der Waals surface area contributed by atoms with E-state index >= 15 is 0 Å². The topological polar surface area (TPSA) is 124 Å². The zero-order chi connectivity index (χ0) is 28.7. The molecule has 0 aliphatic heterocycles. The van der Waals surface area contributed by atoms with Gasteiger partial charge in [0.15, 0.2) is 5.88 Å². The lowest BCUT2D eigenvalue weighted by molar-refractivity contribution is 0.0526. The third kappa shape index (κ3) is 7.56. The zero-order valence-corrected chi connectivity index (χ0v) is 23.7. The molecular formula is C30H34N4O5S. The Labute approximate surface area is 234 Å². The summed E-state index contributed by atoms with van der Waals surface area (Å²) in [6, 6.07) is 22.6. The van der Waals surface area contributed by atoms with Gasteiger partial charge in [-0.2, -0.15) is 0 Å². The molecule has 0 aliphatic carbocycles. The van der Waals surface area contributed by atoms with Gasteiger partial charge in [-0.15, -0.1) is 0 Å². The summed E-state index contributed by atoms with van der Waals surface area (Å²) in [5, 5.41) is 11.7. The molecule has 0 amide bonds. The van der Waals surface area contributed by atoms with Crippen LogP contribution in [0.5, 0.6) is 5.88 Å². The van der Waals surface area contributed by atoms with Crippen LogP contribution in [0.3, 0.4) is 0 Å². The van der Waals surface area contributed by atoms with Crippen molar-refractivity contribution in [2.75, 3.05) is 33.0 Å². The van der Waals surface area contributed by atoms with Crippen molar-refractivity contribution in [3.05, 3.63) is 95.1 Å². The van der Waals surface area contributed by atoms with E-state index in [0.29, 0.717) is 41.9 Å². The number of ether oxygens (including phenoxy) is 1. The number of nitrogens with one attached hydrogen (secondary N) is 2. The fourth-order valence-corrected chi connectivity index (χ4v) is 4.94. The Morgan fingerprint density at radius 1 is 1.05 bits per heavy atom. The quantitative estimate of drug-likeness (QED) is 0.132. The molecule has 1 aromatic heterocycles. The monoisotopic (exact) mass is 562 g/mol. The van der Waals surface area contributed by atoms with Crippen molar-refractivity contribution in [3.8, 4) is 5.88 Å². The van der Waals surface area contributed by atoms with Crippen LogP contribution >= 0.6 is 0 Å². The minimum Gasteiger partial charge on any atom is -0.494 e. The fourth-order valence-electron chi connectivity index (χ4n) is 4.43. The number of aromatic nitrogens is 1. The first-order chi connectivity index (χ1) is 19.1. The molecular weight excluding hydrogens is 528 g/mol. The van der Waals surface area contributed by atoms with Gasteiger partial charge in [0, 0.05) is 29.6 Å². The number of carbonyl (C=O) groups is 1. The number of esters is 1. The van der Waals surface area contributed by atoms with Crippen molar-refractivity contribution in [1.82, 2.24) is 14.6 Å². The lowest BCUT2D eigenvalue weighted by Gasteiger charge is -2.16. The van der Waals surface area contributed by atoms with Crippen LogP contribution in [0.4, 0.5) is 5.69 Å². The van der Waals surface area contributed by atoms with Crippen LogP contribution in [0.25, 0.3) is 10.9 Å². The van der Waals surface area contributed by atoms with Gasteiger partial charge in [0.1, 0.15) is 0 Å². The number of benzene rings is 3. The van der Waals surface area contributed by atoms with Gasteiger partial charge in [-0.1, -0.05) is 48.5 Å². The molecule has 0 spiro atoms. The summed E-state index contributed by atoms with van der Waals surface area (Å²) in [6.45, 7) is 3.90. The Morgan fingerprint density at radius 3 is 2.45 bits per heavy atom. The predicted molar refractivity (Wildman–Crippen MR) is 158 cm³/mol. The standard InChI is InChI=1S/C30H34N4O5S/c1-4-39-30(36)23-13-16-25-26(19-23)33-29(35)27(25)28(22-9-6-5-7-10-22)32-24-14-11-21(12-15-24)20-34(2)18-8-17-31-40(3,37)38/h5-7,9-16,19,31,33,35H,4,8,17-18,20H2,1-3H3. The van der Waals surface area contributed by atoms with E-state index < -0.39 is 16.0 Å². The third-order valence-electron chi connectivity index (χ3n) is 6.28. The first kappa shape index (κ1) is 29.0. The molecule has 40 heavy (non-hydrogen) atoms. The van der Waals surface area contributed by atoms with Crippen LogP contribution in [0.1, 0.15) is 40.4 Å². The highest BCUT2D eigenvalue weighted by Gasteiger charge is 2.20. The molecule has 0 radical (unpaired) electrons. The number of aromatic hydroxyl groups is 1. The van der Waals surface area contributed by atoms with Gasteiger partial charge in [-0.3, -0.25) is 0 Å². The van der Waals surface area contributed by atoms with E-state index in [2.05, 4.69) is 14.6 Å². The summed E-state index contributed by atoms with van der Waals surface area (Å²) in [4.78, 5) is 22.3. The molecule has 4 rings (SSSR count). The second-order valence-electron chi connectivity index (χ2n) is 9.58. The van der Waals surface area contributed by atoms with Crippen LogP contribution in [-0.4, -0.2) is 68.1 Å². The summed E-state index contributed by atoms with van der Waals surface area (Å²) in [6.07, 6.45) is 1.87. The second-order valence-corrected chi connectivity index (χ2v) is 11.4. The molecule has 0 saturated heterocycles. The van der Waals surface area contributed by atoms with Gasteiger partial charge in [-0.25, -0.2) is 22.9 Å². The molecule has 10 heteroatoms. The van der Waals surface area contributed by atoms with Crippen molar-refractivity contribution in [2.45, 2.75) is 19.9 Å². The summed E-state index contributed by atoms with van der Waals surface area (Å²) >= 11 is 0. The molecule has 3 aromatic carbocycles. The molecule has 0 bridgehead atoms. The van der Waals surface area contributed by atoms with Crippen LogP contribution in [0.15, 0.2) is 77.8 Å². The fraction of sp³-hybridized carbons (Fsp3) is 0.267. The van der Waals surface area contributed by atoms with E-state index in [4.69, 9.17) is 9.73 Å². The first-order valence-electron chi connectivity index (χ1n) is 13.0. The highest BCUT2D eigenvalue weighted by atomic mass is 32.2. The maximum atomic E-state index is 12.2. The Morgan fingerprint density at radius 2 is 1.77 bits per heavy atom.